The molecular weight excluding hydrogens is 545 g/mol. The molecule has 4 aliphatic heterocycles. The van der Waals surface area contributed by atoms with Crippen molar-refractivity contribution in [2.75, 3.05) is 16.8 Å². The molecule has 210 valence electrons. The van der Waals surface area contributed by atoms with Gasteiger partial charge >= 0.3 is 0 Å². The third-order valence-electron chi connectivity index (χ3n) is 10.8. The molecule has 6 aromatic rings. The Bertz CT molecular complexity index is 2260. The first-order chi connectivity index (χ1) is 20.7. The number of hydrogen-bond donors (Lipinski definition) is 0. The lowest BCUT2D eigenvalue weighted by molar-refractivity contribution is -0.740. The summed E-state index contributed by atoms with van der Waals surface area (Å²) in [5.41, 5.74) is 7.72. The largest absolute Gasteiger partial charge is 0.331 e. The lowest BCUT2D eigenvalue weighted by atomic mass is 9.77. The summed E-state index contributed by atoms with van der Waals surface area (Å²) in [7, 11) is 0.0478. The standard InChI is InChI=1S/C36H33N6Si/c1-35(2,3)21-19-25-29-27(20-21)43(5,6)26-15-14-23-22-11-7-8-12-24(22)41-28-13-9-10-18-40(28)36(29,30(26)31(23)41)34-39(4)32-33(42(25)34)38-17-16-37-32/h7-20,34H,1-6H3/q+1. The van der Waals surface area contributed by atoms with Gasteiger partial charge in [0.2, 0.25) is 5.54 Å². The SMILES string of the molecule is CN1c2nccnc2N2c3cc(C(C)(C)C)cc4c3C3(c5c(ccc6c7ccccc7n(c56)-c5cccc[n+]53)[Si]4(C)C)C12. The third-order valence-corrected chi connectivity index (χ3v) is 14.3. The van der Waals surface area contributed by atoms with E-state index >= 15 is 0 Å². The normalized spacial score (nSPS) is 21.7. The molecule has 7 heterocycles. The van der Waals surface area contributed by atoms with Crippen LogP contribution in [0.1, 0.15) is 37.5 Å². The molecule has 3 aromatic carbocycles. The van der Waals surface area contributed by atoms with Gasteiger partial charge in [-0.2, -0.15) is 4.57 Å². The molecule has 4 aliphatic rings. The van der Waals surface area contributed by atoms with Crippen LogP contribution in [-0.2, 0) is 11.0 Å². The minimum atomic E-state index is -2.17. The first kappa shape index (κ1) is 24.0. The van der Waals surface area contributed by atoms with Gasteiger partial charge in [-0.1, -0.05) is 70.3 Å². The van der Waals surface area contributed by atoms with E-state index < -0.39 is 13.6 Å². The van der Waals surface area contributed by atoms with Crippen molar-refractivity contribution >= 4 is 57.6 Å². The van der Waals surface area contributed by atoms with Gasteiger partial charge in [-0.15, -0.1) is 0 Å². The van der Waals surface area contributed by atoms with Crippen molar-refractivity contribution in [1.82, 2.24) is 14.5 Å². The maximum atomic E-state index is 5.01. The van der Waals surface area contributed by atoms with Gasteiger partial charge in [0.05, 0.1) is 17.4 Å². The predicted octanol–water partition coefficient (Wildman–Crippen LogP) is 5.33. The highest BCUT2D eigenvalue weighted by atomic mass is 28.3. The van der Waals surface area contributed by atoms with Crippen molar-refractivity contribution in [3.63, 3.8) is 0 Å². The second-order valence-corrected chi connectivity index (χ2v) is 18.6. The molecule has 1 spiro atoms. The molecule has 6 nitrogen and oxygen atoms in total. The highest BCUT2D eigenvalue weighted by Gasteiger charge is 2.70. The third kappa shape index (κ3) is 2.43. The first-order valence-corrected chi connectivity index (χ1v) is 18.3. The van der Waals surface area contributed by atoms with Crippen LogP contribution in [-0.4, -0.2) is 35.8 Å². The molecule has 7 heteroatoms. The van der Waals surface area contributed by atoms with Crippen LogP contribution in [0.25, 0.3) is 27.6 Å². The molecule has 0 saturated carbocycles. The van der Waals surface area contributed by atoms with E-state index in [-0.39, 0.29) is 11.6 Å². The Hall–Kier alpha value is -4.49. The van der Waals surface area contributed by atoms with Crippen molar-refractivity contribution < 1.29 is 4.57 Å². The van der Waals surface area contributed by atoms with Gasteiger partial charge in [0, 0.05) is 41.8 Å². The highest BCUT2D eigenvalue weighted by Crippen LogP contribution is 2.60. The summed E-state index contributed by atoms with van der Waals surface area (Å²) < 4.78 is 5.13. The molecule has 43 heavy (non-hydrogen) atoms. The van der Waals surface area contributed by atoms with Crippen LogP contribution in [0.2, 0.25) is 13.1 Å². The quantitative estimate of drug-likeness (QED) is 0.181. The Labute approximate surface area is 251 Å². The zero-order valence-electron chi connectivity index (χ0n) is 25.3. The number of anilines is 3. The fourth-order valence-corrected chi connectivity index (χ4v) is 12.2. The van der Waals surface area contributed by atoms with Gasteiger partial charge in [-0.25, -0.2) is 14.5 Å². The number of likely N-dealkylation sites (N-methyl/N-ethyl adjacent to an activating group) is 1. The lowest BCUT2D eigenvalue weighted by Gasteiger charge is -2.47. The Morgan fingerprint density at radius 1 is 0.837 bits per heavy atom. The van der Waals surface area contributed by atoms with Gasteiger partial charge in [0.15, 0.2) is 17.8 Å². The Morgan fingerprint density at radius 2 is 1.60 bits per heavy atom. The maximum Gasteiger partial charge on any atom is 0.288 e. The van der Waals surface area contributed by atoms with E-state index in [2.05, 4.69) is 133 Å². The maximum absolute atomic E-state index is 5.01. The summed E-state index contributed by atoms with van der Waals surface area (Å²) in [6, 6.07) is 25.6. The number of para-hydroxylation sites is 1. The molecule has 0 saturated heterocycles. The molecule has 0 bridgehead atoms. The second kappa shape index (κ2) is 7.17. The van der Waals surface area contributed by atoms with Gasteiger partial charge in [-0.05, 0) is 45.6 Å². The van der Waals surface area contributed by atoms with Gasteiger partial charge in [0.1, 0.15) is 19.1 Å². The number of nitrogens with zero attached hydrogens (tertiary/aromatic N) is 6. The van der Waals surface area contributed by atoms with E-state index in [1.54, 1.807) is 5.19 Å². The molecule has 0 amide bonds. The Balaban J connectivity index is 1.50. The van der Waals surface area contributed by atoms with E-state index in [0.717, 1.165) is 11.6 Å². The van der Waals surface area contributed by atoms with Crippen molar-refractivity contribution in [2.45, 2.75) is 51.0 Å². The average molecular weight is 578 g/mol. The molecule has 0 radical (unpaired) electrons. The van der Waals surface area contributed by atoms with Crippen LogP contribution in [0.4, 0.5) is 17.3 Å². The second-order valence-electron chi connectivity index (χ2n) is 14.3. The number of hydrogen-bond acceptors (Lipinski definition) is 4. The van der Waals surface area contributed by atoms with E-state index in [9.17, 15) is 0 Å². The predicted molar refractivity (Wildman–Crippen MR) is 175 cm³/mol. The molecule has 0 N–H and O–H groups in total. The first-order valence-electron chi connectivity index (χ1n) is 15.3. The molecule has 10 rings (SSSR count). The van der Waals surface area contributed by atoms with E-state index in [0.29, 0.717) is 0 Å². The Kier molecular flexibility index (Phi) is 4.00. The number of benzene rings is 3. The summed E-state index contributed by atoms with van der Waals surface area (Å²) in [5.74, 6) is 3.09. The molecule has 0 fully saturated rings. The van der Waals surface area contributed by atoms with Crippen molar-refractivity contribution in [3.05, 3.63) is 102 Å². The molecule has 2 unspecified atom stereocenters. The zero-order valence-corrected chi connectivity index (χ0v) is 26.3. The van der Waals surface area contributed by atoms with E-state index in [1.807, 2.05) is 12.4 Å². The summed E-state index contributed by atoms with van der Waals surface area (Å²) in [6.45, 7) is 12.1. The highest BCUT2D eigenvalue weighted by molar-refractivity contribution is 7.01. The van der Waals surface area contributed by atoms with Crippen LogP contribution in [0.15, 0.2) is 85.3 Å². The van der Waals surface area contributed by atoms with Crippen LogP contribution in [0, 0.1) is 0 Å². The van der Waals surface area contributed by atoms with Crippen molar-refractivity contribution in [3.8, 4) is 5.82 Å². The summed E-state index contributed by atoms with van der Waals surface area (Å²) in [6.07, 6.45) is 5.94. The minimum absolute atomic E-state index is 0.00630. The molecule has 0 aliphatic carbocycles. The smallest absolute Gasteiger partial charge is 0.288 e. The number of fused-ring (bicyclic) bond motifs is 9. The fraction of sp³-hybridized carbons (Fsp3) is 0.250. The number of pyridine rings is 1. The van der Waals surface area contributed by atoms with Crippen LogP contribution >= 0.6 is 0 Å². The average Bonchev–Trinajstić information content (AvgIpc) is 3.61. The summed E-state index contributed by atoms with van der Waals surface area (Å²) in [5, 5.41) is 5.71. The number of rotatable bonds is 0. The van der Waals surface area contributed by atoms with Crippen LogP contribution in [0.3, 0.4) is 0 Å². The number of aromatic nitrogens is 4. The van der Waals surface area contributed by atoms with Crippen LogP contribution < -0.4 is 24.7 Å². The minimum Gasteiger partial charge on any atom is -0.331 e. The molecule has 3 aromatic heterocycles. The van der Waals surface area contributed by atoms with E-state index in [4.69, 9.17) is 9.97 Å². The zero-order chi connectivity index (χ0) is 29.2. The summed E-state index contributed by atoms with van der Waals surface area (Å²) >= 11 is 0. The van der Waals surface area contributed by atoms with Crippen molar-refractivity contribution in [2.24, 2.45) is 0 Å². The topological polar surface area (TPSA) is 41.1 Å². The van der Waals surface area contributed by atoms with Gasteiger partial charge in [0.25, 0.3) is 5.82 Å². The summed E-state index contributed by atoms with van der Waals surface area (Å²) in [4.78, 5) is 14.8. The monoisotopic (exact) mass is 577 g/mol. The molecule has 2 atom stereocenters. The van der Waals surface area contributed by atoms with E-state index in [1.165, 1.54) is 55.2 Å². The van der Waals surface area contributed by atoms with Crippen molar-refractivity contribution in [1.29, 1.82) is 0 Å². The van der Waals surface area contributed by atoms with Gasteiger partial charge in [-0.3, -0.25) is 4.90 Å². The fourth-order valence-electron chi connectivity index (χ4n) is 9.01. The van der Waals surface area contributed by atoms with Gasteiger partial charge < -0.3 is 4.90 Å². The lowest BCUT2D eigenvalue weighted by Crippen LogP contribution is -2.77. The van der Waals surface area contributed by atoms with Crippen LogP contribution in [0.5, 0.6) is 0 Å². The molecular formula is C36H33N6Si+. The Morgan fingerprint density at radius 3 is 2.42 bits per heavy atom.